The molecule has 0 saturated heterocycles. The van der Waals surface area contributed by atoms with Crippen LogP contribution in [0.3, 0.4) is 0 Å². The van der Waals surface area contributed by atoms with Gasteiger partial charge in [0.15, 0.2) is 0 Å². The molecule has 0 aliphatic rings. The summed E-state index contributed by atoms with van der Waals surface area (Å²) in [6, 6.07) is 5.81. The molecule has 3 nitrogen and oxygen atoms in total. The number of thiocarbonyl (C=S) groups is 1. The first-order valence-corrected chi connectivity index (χ1v) is 8.44. The third-order valence-electron chi connectivity index (χ3n) is 3.56. The first-order chi connectivity index (χ1) is 9.85. The van der Waals surface area contributed by atoms with Gasteiger partial charge in [-0.05, 0) is 43.5 Å². The minimum atomic E-state index is -0.755. The van der Waals surface area contributed by atoms with Gasteiger partial charge >= 0.3 is 0 Å². The molecule has 5 heteroatoms. The van der Waals surface area contributed by atoms with E-state index in [1.54, 1.807) is 0 Å². The summed E-state index contributed by atoms with van der Waals surface area (Å²) in [5.74, 6) is -0.101. The Labute approximate surface area is 140 Å². The van der Waals surface area contributed by atoms with Crippen LogP contribution in [-0.2, 0) is 4.79 Å². The van der Waals surface area contributed by atoms with E-state index in [4.69, 9.17) is 18.0 Å². The quantitative estimate of drug-likeness (QED) is 0.691. The second-order valence-corrected chi connectivity index (χ2v) is 6.77. The van der Waals surface area contributed by atoms with Crippen molar-refractivity contribution in [2.45, 2.75) is 46.5 Å². The Bertz CT molecular complexity index is 505. The highest BCUT2D eigenvalue weighted by Crippen LogP contribution is 2.32. The number of hydrogen-bond donors (Lipinski definition) is 2. The van der Waals surface area contributed by atoms with Gasteiger partial charge in [0, 0.05) is 10.2 Å². The van der Waals surface area contributed by atoms with Gasteiger partial charge in [-0.3, -0.25) is 4.79 Å². The maximum absolute atomic E-state index is 12.8. The van der Waals surface area contributed by atoms with Gasteiger partial charge in [0.05, 0.1) is 10.4 Å². The molecular formula is C16H23BrN2OS. The number of nitrogens with one attached hydrogen (secondary N) is 1. The SMILES string of the molecule is CCCC(CCC)(C(=O)Nc1cc(C)cc(Br)c1)C(N)=S. The average Bonchev–Trinajstić information content (AvgIpc) is 2.36. The van der Waals surface area contributed by atoms with Crippen LogP contribution in [0.4, 0.5) is 5.69 Å². The molecule has 1 aromatic rings. The van der Waals surface area contributed by atoms with Gasteiger partial charge < -0.3 is 11.1 Å². The molecule has 3 N–H and O–H groups in total. The van der Waals surface area contributed by atoms with Crippen LogP contribution in [0.2, 0.25) is 0 Å². The molecule has 0 heterocycles. The molecule has 21 heavy (non-hydrogen) atoms. The van der Waals surface area contributed by atoms with Crippen molar-refractivity contribution in [1.82, 2.24) is 0 Å². The minimum absolute atomic E-state index is 0.101. The predicted octanol–water partition coefficient (Wildman–Crippen LogP) is 4.57. The van der Waals surface area contributed by atoms with Crippen molar-refractivity contribution < 1.29 is 4.79 Å². The van der Waals surface area contributed by atoms with Crippen molar-refractivity contribution >= 4 is 44.7 Å². The molecule has 0 saturated carbocycles. The van der Waals surface area contributed by atoms with Crippen molar-refractivity contribution in [3.8, 4) is 0 Å². The third-order valence-corrected chi connectivity index (χ3v) is 4.41. The fourth-order valence-electron chi connectivity index (χ4n) is 2.62. The molecule has 0 unspecified atom stereocenters. The number of halogens is 1. The van der Waals surface area contributed by atoms with E-state index in [2.05, 4.69) is 21.2 Å². The molecule has 0 aliphatic carbocycles. The predicted molar refractivity (Wildman–Crippen MR) is 96.5 cm³/mol. The fraction of sp³-hybridized carbons (Fsp3) is 0.500. The average molecular weight is 371 g/mol. The lowest BCUT2D eigenvalue weighted by molar-refractivity contribution is -0.122. The monoisotopic (exact) mass is 370 g/mol. The summed E-state index contributed by atoms with van der Waals surface area (Å²) in [6.45, 7) is 6.07. The molecule has 1 aromatic carbocycles. The second kappa shape index (κ2) is 7.90. The molecule has 0 spiro atoms. The minimum Gasteiger partial charge on any atom is -0.392 e. The zero-order valence-electron chi connectivity index (χ0n) is 12.8. The Morgan fingerprint density at radius 3 is 2.29 bits per heavy atom. The maximum Gasteiger partial charge on any atom is 0.237 e. The summed E-state index contributed by atoms with van der Waals surface area (Å²) in [6.07, 6.45) is 3.08. The van der Waals surface area contributed by atoms with Crippen molar-refractivity contribution in [2.75, 3.05) is 5.32 Å². The van der Waals surface area contributed by atoms with E-state index in [9.17, 15) is 4.79 Å². The standard InChI is InChI=1S/C16H23BrN2OS/c1-4-6-16(7-5-2,14(18)21)15(20)19-13-9-11(3)8-12(17)10-13/h8-10H,4-7H2,1-3H3,(H2,18,21)(H,19,20). The molecule has 116 valence electrons. The Kier molecular flexibility index (Phi) is 6.81. The first-order valence-electron chi connectivity index (χ1n) is 7.24. The van der Waals surface area contributed by atoms with Crippen LogP contribution in [0.5, 0.6) is 0 Å². The van der Waals surface area contributed by atoms with Crippen LogP contribution in [0, 0.1) is 12.3 Å². The number of amides is 1. The summed E-state index contributed by atoms with van der Waals surface area (Å²) in [5.41, 5.74) is 7.00. The van der Waals surface area contributed by atoms with Crippen LogP contribution in [0.25, 0.3) is 0 Å². The molecule has 0 atom stereocenters. The van der Waals surface area contributed by atoms with Gasteiger partial charge in [0.1, 0.15) is 0 Å². The molecule has 1 amide bonds. The Morgan fingerprint density at radius 1 is 1.29 bits per heavy atom. The number of anilines is 1. The number of hydrogen-bond acceptors (Lipinski definition) is 2. The topological polar surface area (TPSA) is 55.1 Å². The summed E-state index contributed by atoms with van der Waals surface area (Å²) in [4.78, 5) is 13.1. The zero-order chi connectivity index (χ0) is 16.0. The van der Waals surface area contributed by atoms with Crippen molar-refractivity contribution in [1.29, 1.82) is 0 Å². The lowest BCUT2D eigenvalue weighted by Gasteiger charge is -2.31. The number of carbonyl (C=O) groups excluding carboxylic acids is 1. The van der Waals surface area contributed by atoms with Crippen LogP contribution >= 0.6 is 28.1 Å². The molecule has 0 aromatic heterocycles. The van der Waals surface area contributed by atoms with Crippen LogP contribution in [0.1, 0.15) is 45.1 Å². The highest BCUT2D eigenvalue weighted by molar-refractivity contribution is 9.10. The lowest BCUT2D eigenvalue weighted by Crippen LogP contribution is -2.46. The third kappa shape index (κ3) is 4.51. The molecule has 1 rings (SSSR count). The fourth-order valence-corrected chi connectivity index (χ4v) is 3.53. The van der Waals surface area contributed by atoms with Gasteiger partial charge in [-0.1, -0.05) is 54.8 Å². The van der Waals surface area contributed by atoms with Gasteiger partial charge in [-0.2, -0.15) is 0 Å². The first kappa shape index (κ1) is 18.1. The number of aryl methyl sites for hydroxylation is 1. The van der Waals surface area contributed by atoms with E-state index in [1.165, 1.54) is 0 Å². The maximum atomic E-state index is 12.8. The Morgan fingerprint density at radius 2 is 1.86 bits per heavy atom. The Hall–Kier alpha value is -0.940. The number of nitrogens with two attached hydrogens (primary N) is 1. The summed E-state index contributed by atoms with van der Waals surface area (Å²) in [5, 5.41) is 2.98. The lowest BCUT2D eigenvalue weighted by atomic mass is 9.78. The van der Waals surface area contributed by atoms with Crippen molar-refractivity contribution in [2.24, 2.45) is 11.1 Å². The number of benzene rings is 1. The van der Waals surface area contributed by atoms with Crippen LogP contribution in [-0.4, -0.2) is 10.9 Å². The Balaban J connectivity index is 3.07. The number of carbonyl (C=O) groups is 1. The molecule has 0 aliphatic heterocycles. The van der Waals surface area contributed by atoms with Crippen molar-refractivity contribution in [3.05, 3.63) is 28.2 Å². The van der Waals surface area contributed by atoms with Gasteiger partial charge in [0.25, 0.3) is 0 Å². The largest absolute Gasteiger partial charge is 0.392 e. The molecule has 0 bridgehead atoms. The normalized spacial score (nSPS) is 11.2. The smallest absolute Gasteiger partial charge is 0.237 e. The van der Waals surface area contributed by atoms with Crippen LogP contribution < -0.4 is 11.1 Å². The highest BCUT2D eigenvalue weighted by atomic mass is 79.9. The van der Waals surface area contributed by atoms with Gasteiger partial charge in [0.2, 0.25) is 5.91 Å². The van der Waals surface area contributed by atoms with Gasteiger partial charge in [-0.15, -0.1) is 0 Å². The van der Waals surface area contributed by atoms with E-state index in [0.717, 1.165) is 28.6 Å². The molecular weight excluding hydrogens is 348 g/mol. The second-order valence-electron chi connectivity index (χ2n) is 5.42. The van der Waals surface area contributed by atoms with E-state index >= 15 is 0 Å². The molecule has 0 radical (unpaired) electrons. The van der Waals surface area contributed by atoms with E-state index in [-0.39, 0.29) is 10.9 Å². The number of rotatable bonds is 7. The van der Waals surface area contributed by atoms with E-state index < -0.39 is 5.41 Å². The van der Waals surface area contributed by atoms with Gasteiger partial charge in [-0.25, -0.2) is 0 Å². The summed E-state index contributed by atoms with van der Waals surface area (Å²) in [7, 11) is 0. The summed E-state index contributed by atoms with van der Waals surface area (Å²) < 4.78 is 0.935. The molecule has 0 fully saturated rings. The highest BCUT2D eigenvalue weighted by Gasteiger charge is 2.39. The van der Waals surface area contributed by atoms with Crippen LogP contribution in [0.15, 0.2) is 22.7 Å². The van der Waals surface area contributed by atoms with E-state index in [1.807, 2.05) is 39.0 Å². The van der Waals surface area contributed by atoms with Crippen molar-refractivity contribution in [3.63, 3.8) is 0 Å². The zero-order valence-corrected chi connectivity index (χ0v) is 15.2. The summed E-state index contributed by atoms with van der Waals surface area (Å²) >= 11 is 8.65. The van der Waals surface area contributed by atoms with E-state index in [0.29, 0.717) is 12.8 Å².